The number of amides is 1. The van der Waals surface area contributed by atoms with Crippen molar-refractivity contribution in [3.05, 3.63) is 0 Å². The van der Waals surface area contributed by atoms with E-state index in [4.69, 9.17) is 0 Å². The summed E-state index contributed by atoms with van der Waals surface area (Å²) in [5.74, 6) is 0.548. The molecule has 6 heteroatoms. The summed E-state index contributed by atoms with van der Waals surface area (Å²) < 4.78 is 24.7. The number of hydrogen-bond acceptors (Lipinski definition) is 3. The lowest BCUT2D eigenvalue weighted by Gasteiger charge is -2.32. The molecule has 0 aromatic heterocycles. The predicted octanol–water partition coefficient (Wildman–Crippen LogP) is 0.573. The summed E-state index contributed by atoms with van der Waals surface area (Å²) in [7, 11) is -3.13. The van der Waals surface area contributed by atoms with Crippen molar-refractivity contribution < 1.29 is 13.2 Å². The molecule has 0 atom stereocenters. The van der Waals surface area contributed by atoms with Crippen molar-refractivity contribution in [3.63, 3.8) is 0 Å². The monoisotopic (exact) mass is 262 g/mol. The van der Waals surface area contributed by atoms with Gasteiger partial charge in [0.25, 0.3) is 0 Å². The van der Waals surface area contributed by atoms with E-state index in [-0.39, 0.29) is 11.9 Å². The molecule has 0 aromatic carbocycles. The largest absolute Gasteiger partial charge is 0.343 e. The maximum atomic E-state index is 11.8. The first-order valence-corrected chi connectivity index (χ1v) is 7.92. The molecule has 1 heterocycles. The lowest BCUT2D eigenvalue weighted by atomic mass is 10.0. The van der Waals surface area contributed by atoms with Crippen molar-refractivity contribution in [2.24, 2.45) is 5.92 Å². The third kappa shape index (κ3) is 5.50. The first-order chi connectivity index (χ1) is 7.78. The molecule has 5 nitrogen and oxygen atoms in total. The summed E-state index contributed by atoms with van der Waals surface area (Å²) in [6.45, 7) is 5.35. The van der Waals surface area contributed by atoms with Crippen LogP contribution in [0.25, 0.3) is 0 Å². The lowest BCUT2D eigenvalue weighted by molar-refractivity contribution is -0.133. The Morgan fingerprint density at radius 2 is 1.88 bits per heavy atom. The number of likely N-dealkylation sites (tertiary alicyclic amines) is 1. The van der Waals surface area contributed by atoms with E-state index >= 15 is 0 Å². The number of rotatable bonds is 4. The van der Waals surface area contributed by atoms with Crippen LogP contribution < -0.4 is 4.72 Å². The molecule has 0 aromatic rings. The van der Waals surface area contributed by atoms with Crippen LogP contribution in [0.1, 0.15) is 33.1 Å². The molecule has 0 bridgehead atoms. The Morgan fingerprint density at radius 3 is 2.29 bits per heavy atom. The average Bonchev–Trinajstić information content (AvgIpc) is 2.15. The maximum absolute atomic E-state index is 11.8. The average molecular weight is 262 g/mol. The first kappa shape index (κ1) is 14.4. The summed E-state index contributed by atoms with van der Waals surface area (Å²) in [6, 6.07) is -0.0203. The van der Waals surface area contributed by atoms with E-state index in [0.29, 0.717) is 38.3 Å². The SMILES string of the molecule is CC(C)CC(=O)N1CCC(NS(C)(=O)=O)CC1. The Kier molecular flexibility index (Phi) is 4.94. The Morgan fingerprint density at radius 1 is 1.35 bits per heavy atom. The standard InChI is InChI=1S/C11H22N2O3S/c1-9(2)8-11(14)13-6-4-10(5-7-13)12-17(3,15)16/h9-10,12H,4-8H2,1-3H3. The first-order valence-electron chi connectivity index (χ1n) is 6.03. The van der Waals surface area contributed by atoms with Crippen LogP contribution in [0.4, 0.5) is 0 Å². The molecule has 100 valence electrons. The molecule has 1 rings (SSSR count). The van der Waals surface area contributed by atoms with Gasteiger partial charge in [-0.3, -0.25) is 4.79 Å². The van der Waals surface area contributed by atoms with Gasteiger partial charge in [0.05, 0.1) is 6.26 Å². The molecule has 1 fully saturated rings. The van der Waals surface area contributed by atoms with Gasteiger partial charge in [0.2, 0.25) is 15.9 Å². The molecule has 17 heavy (non-hydrogen) atoms. The number of nitrogens with zero attached hydrogens (tertiary/aromatic N) is 1. The third-order valence-corrected chi connectivity index (χ3v) is 3.57. The minimum atomic E-state index is -3.13. The highest BCUT2D eigenvalue weighted by Gasteiger charge is 2.24. The van der Waals surface area contributed by atoms with Gasteiger partial charge in [-0.15, -0.1) is 0 Å². The Balaban J connectivity index is 2.38. The summed E-state index contributed by atoms with van der Waals surface area (Å²) in [6.07, 6.45) is 3.15. The molecule has 0 aliphatic carbocycles. The van der Waals surface area contributed by atoms with Crippen molar-refractivity contribution >= 4 is 15.9 Å². The quantitative estimate of drug-likeness (QED) is 0.805. The molecular weight excluding hydrogens is 240 g/mol. The highest BCUT2D eigenvalue weighted by atomic mass is 32.2. The van der Waals surface area contributed by atoms with E-state index in [1.807, 2.05) is 18.7 Å². The molecule has 0 unspecified atom stereocenters. The van der Waals surface area contributed by atoms with E-state index in [1.165, 1.54) is 6.26 Å². The number of piperidine rings is 1. The van der Waals surface area contributed by atoms with Crippen LogP contribution in [-0.2, 0) is 14.8 Å². The van der Waals surface area contributed by atoms with E-state index < -0.39 is 10.0 Å². The second kappa shape index (κ2) is 5.82. The fraction of sp³-hybridized carbons (Fsp3) is 0.909. The van der Waals surface area contributed by atoms with Crippen molar-refractivity contribution in [1.29, 1.82) is 0 Å². The number of carbonyl (C=O) groups excluding carboxylic acids is 1. The summed E-state index contributed by atoms with van der Waals surface area (Å²) >= 11 is 0. The Hall–Kier alpha value is -0.620. The van der Waals surface area contributed by atoms with Crippen molar-refractivity contribution in [3.8, 4) is 0 Å². The van der Waals surface area contributed by atoms with Crippen LogP contribution in [-0.4, -0.2) is 44.6 Å². The molecule has 1 aliphatic rings. The molecule has 0 saturated carbocycles. The highest BCUT2D eigenvalue weighted by Crippen LogP contribution is 2.13. The van der Waals surface area contributed by atoms with Gasteiger partial charge in [-0.05, 0) is 18.8 Å². The number of carbonyl (C=O) groups is 1. The van der Waals surface area contributed by atoms with Gasteiger partial charge >= 0.3 is 0 Å². The molecule has 1 saturated heterocycles. The molecule has 1 N–H and O–H groups in total. The van der Waals surface area contributed by atoms with E-state index in [9.17, 15) is 13.2 Å². The van der Waals surface area contributed by atoms with Gasteiger partial charge in [-0.25, -0.2) is 13.1 Å². The summed E-state index contributed by atoms with van der Waals surface area (Å²) in [5.41, 5.74) is 0. The zero-order chi connectivity index (χ0) is 13.1. The second-order valence-corrected chi connectivity index (χ2v) is 6.92. The van der Waals surface area contributed by atoms with Crippen LogP contribution in [0, 0.1) is 5.92 Å². The van der Waals surface area contributed by atoms with E-state index in [1.54, 1.807) is 0 Å². The van der Waals surface area contributed by atoms with Gasteiger partial charge < -0.3 is 4.90 Å². The number of hydrogen-bond donors (Lipinski definition) is 1. The van der Waals surface area contributed by atoms with Crippen LogP contribution in [0.2, 0.25) is 0 Å². The van der Waals surface area contributed by atoms with Crippen molar-refractivity contribution in [1.82, 2.24) is 9.62 Å². The van der Waals surface area contributed by atoms with Gasteiger partial charge in [0.1, 0.15) is 0 Å². The smallest absolute Gasteiger partial charge is 0.222 e. The normalized spacial score (nSPS) is 18.7. The van der Waals surface area contributed by atoms with E-state index in [0.717, 1.165) is 0 Å². The van der Waals surface area contributed by atoms with Crippen LogP contribution in [0.5, 0.6) is 0 Å². The molecule has 0 radical (unpaired) electrons. The fourth-order valence-corrected chi connectivity index (χ4v) is 2.87. The number of sulfonamides is 1. The molecule has 0 spiro atoms. The topological polar surface area (TPSA) is 66.5 Å². The third-order valence-electron chi connectivity index (χ3n) is 2.81. The van der Waals surface area contributed by atoms with Gasteiger partial charge in [0, 0.05) is 25.6 Å². The van der Waals surface area contributed by atoms with Crippen molar-refractivity contribution in [2.75, 3.05) is 19.3 Å². The fourth-order valence-electron chi connectivity index (χ4n) is 2.03. The van der Waals surface area contributed by atoms with Crippen LogP contribution in [0.3, 0.4) is 0 Å². The Bertz CT molecular complexity index is 357. The lowest BCUT2D eigenvalue weighted by Crippen LogP contribution is -2.46. The van der Waals surface area contributed by atoms with Crippen molar-refractivity contribution in [2.45, 2.75) is 39.2 Å². The second-order valence-electron chi connectivity index (χ2n) is 5.14. The summed E-state index contributed by atoms with van der Waals surface area (Å²) in [5, 5.41) is 0. The zero-order valence-corrected chi connectivity index (χ0v) is 11.6. The zero-order valence-electron chi connectivity index (χ0n) is 10.8. The maximum Gasteiger partial charge on any atom is 0.222 e. The number of nitrogens with one attached hydrogen (secondary N) is 1. The minimum Gasteiger partial charge on any atom is -0.343 e. The minimum absolute atomic E-state index is 0.0203. The molecule has 1 amide bonds. The predicted molar refractivity (Wildman–Crippen MR) is 67.0 cm³/mol. The highest BCUT2D eigenvalue weighted by molar-refractivity contribution is 7.88. The van der Waals surface area contributed by atoms with Crippen LogP contribution >= 0.6 is 0 Å². The molecular formula is C11H22N2O3S. The van der Waals surface area contributed by atoms with Gasteiger partial charge in [-0.1, -0.05) is 13.8 Å². The van der Waals surface area contributed by atoms with E-state index in [2.05, 4.69) is 4.72 Å². The Labute approximate surface area is 104 Å². The van der Waals surface area contributed by atoms with Crippen LogP contribution in [0.15, 0.2) is 0 Å². The summed E-state index contributed by atoms with van der Waals surface area (Å²) in [4.78, 5) is 13.6. The van der Waals surface area contributed by atoms with Gasteiger partial charge in [-0.2, -0.15) is 0 Å². The molecule has 1 aliphatic heterocycles. The van der Waals surface area contributed by atoms with Gasteiger partial charge in [0.15, 0.2) is 0 Å².